The molecule has 0 radical (unpaired) electrons. The van der Waals surface area contributed by atoms with E-state index in [9.17, 15) is 8.78 Å². The zero-order chi connectivity index (χ0) is 8.43. The first kappa shape index (κ1) is 8.11. The first-order chi connectivity index (χ1) is 5.13. The molecule has 0 saturated heterocycles. The number of hydrogen-bond donors (Lipinski definition) is 0. The van der Waals surface area contributed by atoms with Crippen molar-refractivity contribution >= 4 is 0 Å². The molecule has 11 heavy (non-hydrogen) atoms. The number of pyridine rings is 1. The molecule has 0 amide bonds. The van der Waals surface area contributed by atoms with Crippen LogP contribution in [0, 0.1) is 13.8 Å². The van der Waals surface area contributed by atoms with Gasteiger partial charge in [0.2, 0.25) is 0 Å². The second kappa shape index (κ2) is 2.95. The normalized spacial score (nSPS) is 10.6. The van der Waals surface area contributed by atoms with Gasteiger partial charge in [-0.25, -0.2) is 8.78 Å². The molecule has 60 valence electrons. The first-order valence-electron chi connectivity index (χ1n) is 3.33. The average molecular weight is 157 g/mol. The third-order valence-electron chi connectivity index (χ3n) is 1.73. The van der Waals surface area contributed by atoms with Crippen LogP contribution in [0.5, 0.6) is 0 Å². The second-order valence-electron chi connectivity index (χ2n) is 2.41. The van der Waals surface area contributed by atoms with Crippen molar-refractivity contribution in [1.29, 1.82) is 0 Å². The van der Waals surface area contributed by atoms with Gasteiger partial charge in [-0.05, 0) is 25.5 Å². The summed E-state index contributed by atoms with van der Waals surface area (Å²) < 4.78 is 24.4. The lowest BCUT2D eigenvalue weighted by molar-refractivity contribution is 0.150. The Labute approximate surface area is 64.1 Å². The van der Waals surface area contributed by atoms with Gasteiger partial charge < -0.3 is 0 Å². The molecule has 0 aliphatic heterocycles. The van der Waals surface area contributed by atoms with E-state index in [0.717, 1.165) is 0 Å². The first-order valence-corrected chi connectivity index (χ1v) is 3.33. The van der Waals surface area contributed by atoms with Crippen molar-refractivity contribution in [3.8, 4) is 0 Å². The van der Waals surface area contributed by atoms with Crippen LogP contribution in [0.25, 0.3) is 0 Å². The lowest BCUT2D eigenvalue weighted by Gasteiger charge is -2.05. The summed E-state index contributed by atoms with van der Waals surface area (Å²) in [7, 11) is 0. The maximum Gasteiger partial charge on any atom is 0.264 e. The standard InChI is InChI=1S/C8H9F2N/c1-5-6(2)11-4-3-7(5)8(9)10/h3-4,8H,1-2H3. The summed E-state index contributed by atoms with van der Waals surface area (Å²) in [6, 6.07) is 1.35. The van der Waals surface area contributed by atoms with Crippen molar-refractivity contribution in [2.24, 2.45) is 0 Å². The van der Waals surface area contributed by atoms with Crippen LogP contribution in [0.4, 0.5) is 8.78 Å². The Morgan fingerprint density at radius 2 is 2.00 bits per heavy atom. The van der Waals surface area contributed by atoms with Gasteiger partial charge in [-0.15, -0.1) is 0 Å². The summed E-state index contributed by atoms with van der Waals surface area (Å²) >= 11 is 0. The molecule has 0 N–H and O–H groups in total. The Morgan fingerprint density at radius 1 is 1.36 bits per heavy atom. The van der Waals surface area contributed by atoms with Gasteiger partial charge in [0.15, 0.2) is 0 Å². The molecule has 0 bridgehead atoms. The lowest BCUT2D eigenvalue weighted by atomic mass is 10.1. The molecule has 0 spiro atoms. The summed E-state index contributed by atoms with van der Waals surface area (Å²) in [5.74, 6) is 0. The Kier molecular flexibility index (Phi) is 2.17. The van der Waals surface area contributed by atoms with Gasteiger partial charge in [0.25, 0.3) is 6.43 Å². The quantitative estimate of drug-likeness (QED) is 0.610. The number of alkyl halides is 2. The molecule has 1 rings (SSSR count). The van der Waals surface area contributed by atoms with Gasteiger partial charge in [-0.1, -0.05) is 0 Å². The van der Waals surface area contributed by atoms with Crippen LogP contribution in [-0.2, 0) is 0 Å². The molecule has 0 saturated carbocycles. The third-order valence-corrected chi connectivity index (χ3v) is 1.73. The third kappa shape index (κ3) is 1.53. The average Bonchev–Trinajstić information content (AvgIpc) is 1.94. The maximum absolute atomic E-state index is 12.2. The van der Waals surface area contributed by atoms with E-state index in [2.05, 4.69) is 4.98 Å². The molecule has 0 fully saturated rings. The number of halogens is 2. The molecule has 0 atom stereocenters. The molecule has 0 aliphatic rings. The molecule has 1 heterocycles. The Morgan fingerprint density at radius 3 is 2.45 bits per heavy atom. The van der Waals surface area contributed by atoms with Gasteiger partial charge in [-0.2, -0.15) is 0 Å². The highest BCUT2D eigenvalue weighted by molar-refractivity contribution is 5.28. The largest absolute Gasteiger partial charge is 0.264 e. The summed E-state index contributed by atoms with van der Waals surface area (Å²) in [4.78, 5) is 3.89. The van der Waals surface area contributed by atoms with Crippen LogP contribution in [0.15, 0.2) is 12.3 Å². The van der Waals surface area contributed by atoms with Crippen molar-refractivity contribution in [2.45, 2.75) is 20.3 Å². The molecule has 1 aromatic heterocycles. The van der Waals surface area contributed by atoms with Crippen molar-refractivity contribution in [1.82, 2.24) is 4.98 Å². The minimum Gasteiger partial charge on any atom is -0.261 e. The van der Waals surface area contributed by atoms with Crippen LogP contribution >= 0.6 is 0 Å². The van der Waals surface area contributed by atoms with Crippen molar-refractivity contribution in [3.05, 3.63) is 29.1 Å². The fourth-order valence-corrected chi connectivity index (χ4v) is 0.896. The number of rotatable bonds is 1. The van der Waals surface area contributed by atoms with E-state index in [-0.39, 0.29) is 5.56 Å². The van der Waals surface area contributed by atoms with Gasteiger partial charge in [0.05, 0.1) is 0 Å². The lowest BCUT2D eigenvalue weighted by Crippen LogP contribution is -1.94. The zero-order valence-corrected chi connectivity index (χ0v) is 6.44. The van der Waals surface area contributed by atoms with E-state index >= 15 is 0 Å². The monoisotopic (exact) mass is 157 g/mol. The molecular weight excluding hydrogens is 148 g/mol. The predicted molar refractivity (Wildman–Crippen MR) is 38.7 cm³/mol. The minimum absolute atomic E-state index is 0.0810. The van der Waals surface area contributed by atoms with Crippen LogP contribution < -0.4 is 0 Å². The molecule has 3 heteroatoms. The number of nitrogens with zero attached hydrogens (tertiary/aromatic N) is 1. The molecule has 1 nitrogen and oxygen atoms in total. The highest BCUT2D eigenvalue weighted by Gasteiger charge is 2.10. The van der Waals surface area contributed by atoms with E-state index in [1.807, 2.05) is 0 Å². The van der Waals surface area contributed by atoms with Crippen LogP contribution in [0.2, 0.25) is 0 Å². The molecule has 0 aromatic carbocycles. The van der Waals surface area contributed by atoms with E-state index in [0.29, 0.717) is 11.3 Å². The molecular formula is C8H9F2N. The topological polar surface area (TPSA) is 12.9 Å². The van der Waals surface area contributed by atoms with E-state index < -0.39 is 6.43 Å². The summed E-state index contributed by atoms with van der Waals surface area (Å²) in [5.41, 5.74) is 1.34. The Balaban J connectivity index is 3.17. The van der Waals surface area contributed by atoms with Crippen molar-refractivity contribution in [3.63, 3.8) is 0 Å². The minimum atomic E-state index is -2.39. The molecule has 1 aromatic rings. The van der Waals surface area contributed by atoms with Gasteiger partial charge in [-0.3, -0.25) is 4.98 Å². The van der Waals surface area contributed by atoms with Crippen LogP contribution in [0.3, 0.4) is 0 Å². The number of aryl methyl sites for hydroxylation is 1. The number of hydrogen-bond acceptors (Lipinski definition) is 1. The Hall–Kier alpha value is -0.990. The fraction of sp³-hybridized carbons (Fsp3) is 0.375. The van der Waals surface area contributed by atoms with E-state index in [4.69, 9.17) is 0 Å². The summed E-state index contributed by atoms with van der Waals surface area (Å²) in [6.45, 7) is 3.38. The zero-order valence-electron chi connectivity index (χ0n) is 6.44. The van der Waals surface area contributed by atoms with E-state index in [1.165, 1.54) is 12.3 Å². The SMILES string of the molecule is Cc1nccc(C(F)F)c1C. The Bertz CT molecular complexity index is 258. The van der Waals surface area contributed by atoms with E-state index in [1.54, 1.807) is 13.8 Å². The molecule has 0 unspecified atom stereocenters. The van der Waals surface area contributed by atoms with Crippen LogP contribution in [0.1, 0.15) is 23.2 Å². The predicted octanol–water partition coefficient (Wildman–Crippen LogP) is 2.64. The van der Waals surface area contributed by atoms with Crippen molar-refractivity contribution in [2.75, 3.05) is 0 Å². The highest BCUT2D eigenvalue weighted by Crippen LogP contribution is 2.22. The smallest absolute Gasteiger partial charge is 0.261 e. The van der Waals surface area contributed by atoms with Crippen molar-refractivity contribution < 1.29 is 8.78 Å². The fourth-order valence-electron chi connectivity index (χ4n) is 0.896. The van der Waals surface area contributed by atoms with Gasteiger partial charge >= 0.3 is 0 Å². The molecule has 0 aliphatic carbocycles. The number of aromatic nitrogens is 1. The summed E-state index contributed by atoms with van der Waals surface area (Å²) in [5, 5.41) is 0. The van der Waals surface area contributed by atoms with Gasteiger partial charge in [0, 0.05) is 17.5 Å². The van der Waals surface area contributed by atoms with Crippen LogP contribution in [-0.4, -0.2) is 4.98 Å². The highest BCUT2D eigenvalue weighted by atomic mass is 19.3. The second-order valence-corrected chi connectivity index (χ2v) is 2.41. The summed E-state index contributed by atoms with van der Waals surface area (Å²) in [6.07, 6.45) is -0.985. The van der Waals surface area contributed by atoms with Gasteiger partial charge in [0.1, 0.15) is 0 Å². The maximum atomic E-state index is 12.2.